The van der Waals surface area contributed by atoms with Crippen LogP contribution in [0.15, 0.2) is 47.6 Å². The molecule has 164 valence electrons. The van der Waals surface area contributed by atoms with Gasteiger partial charge in [0.05, 0.1) is 26.5 Å². The van der Waals surface area contributed by atoms with Gasteiger partial charge in [0.2, 0.25) is 0 Å². The van der Waals surface area contributed by atoms with E-state index in [0.29, 0.717) is 12.6 Å². The highest BCUT2D eigenvalue weighted by molar-refractivity contribution is 14.0. The van der Waals surface area contributed by atoms with Gasteiger partial charge in [-0.1, -0.05) is 6.07 Å². The van der Waals surface area contributed by atoms with Crippen molar-refractivity contribution in [3.63, 3.8) is 0 Å². The van der Waals surface area contributed by atoms with Gasteiger partial charge in [0, 0.05) is 55.8 Å². The summed E-state index contributed by atoms with van der Waals surface area (Å²) >= 11 is 0. The molecule has 0 aliphatic carbocycles. The molecule has 2 heterocycles. The lowest BCUT2D eigenvalue weighted by Crippen LogP contribution is -2.48. The zero-order valence-electron chi connectivity index (χ0n) is 17.9. The minimum absolute atomic E-state index is 0. The number of aliphatic imine (C=N–C) groups is 1. The molecule has 7 nitrogen and oxygen atoms in total. The van der Waals surface area contributed by atoms with E-state index in [1.807, 2.05) is 24.3 Å². The Morgan fingerprint density at radius 1 is 1.13 bits per heavy atom. The fourth-order valence-corrected chi connectivity index (χ4v) is 3.42. The van der Waals surface area contributed by atoms with Crippen LogP contribution in [-0.2, 0) is 6.54 Å². The third-order valence-electron chi connectivity index (χ3n) is 5.01. The van der Waals surface area contributed by atoms with Crippen LogP contribution >= 0.6 is 24.0 Å². The first kappa shape index (κ1) is 24.0. The predicted octanol–water partition coefficient (Wildman–Crippen LogP) is 3.44. The van der Waals surface area contributed by atoms with E-state index in [4.69, 9.17) is 9.47 Å². The fourth-order valence-electron chi connectivity index (χ4n) is 3.42. The molecule has 1 aromatic carbocycles. The van der Waals surface area contributed by atoms with E-state index in [1.165, 1.54) is 0 Å². The Morgan fingerprint density at radius 3 is 2.40 bits per heavy atom. The van der Waals surface area contributed by atoms with Crippen molar-refractivity contribution >= 4 is 35.6 Å². The maximum Gasteiger partial charge on any atom is 0.191 e. The fraction of sp³-hybridized carbons (Fsp3) is 0.455. The second-order valence-electron chi connectivity index (χ2n) is 6.99. The number of nitrogens with one attached hydrogen (secondary N) is 2. The number of nitrogens with zero attached hydrogens (tertiary/aromatic N) is 3. The van der Waals surface area contributed by atoms with Crippen LogP contribution in [0.25, 0.3) is 0 Å². The van der Waals surface area contributed by atoms with Crippen LogP contribution in [0.5, 0.6) is 11.5 Å². The number of anilines is 1. The number of benzene rings is 1. The molecular weight excluding hydrogens is 493 g/mol. The molecule has 0 bridgehead atoms. The Balaban J connectivity index is 0.00000320. The van der Waals surface area contributed by atoms with Gasteiger partial charge in [-0.05, 0) is 31.9 Å². The molecule has 0 atom stereocenters. The first-order valence-corrected chi connectivity index (χ1v) is 10.1. The van der Waals surface area contributed by atoms with Crippen molar-refractivity contribution in [1.82, 2.24) is 15.6 Å². The number of ether oxygens (including phenoxy) is 2. The summed E-state index contributed by atoms with van der Waals surface area (Å²) < 4.78 is 10.8. The zero-order valence-corrected chi connectivity index (χ0v) is 20.3. The summed E-state index contributed by atoms with van der Waals surface area (Å²) in [5.41, 5.74) is 2.10. The molecule has 1 aliphatic heterocycles. The van der Waals surface area contributed by atoms with Gasteiger partial charge in [0.15, 0.2) is 5.96 Å². The van der Waals surface area contributed by atoms with Crippen LogP contribution in [0.1, 0.15) is 25.5 Å². The SMILES string of the molecule is CCNC(=NCc1ccccn1)NC1CCN(c2cc(OC)cc(OC)c2)CC1.I. The van der Waals surface area contributed by atoms with Crippen molar-refractivity contribution in [2.24, 2.45) is 4.99 Å². The quantitative estimate of drug-likeness (QED) is 0.328. The highest BCUT2D eigenvalue weighted by atomic mass is 127. The largest absolute Gasteiger partial charge is 0.497 e. The summed E-state index contributed by atoms with van der Waals surface area (Å²) in [5.74, 6) is 2.48. The summed E-state index contributed by atoms with van der Waals surface area (Å²) in [5, 5.41) is 6.92. The number of halogens is 1. The van der Waals surface area contributed by atoms with E-state index in [9.17, 15) is 0 Å². The number of piperidine rings is 1. The van der Waals surface area contributed by atoms with Crippen LogP contribution in [0, 0.1) is 0 Å². The molecule has 0 radical (unpaired) electrons. The van der Waals surface area contributed by atoms with Gasteiger partial charge >= 0.3 is 0 Å². The molecule has 2 N–H and O–H groups in total. The van der Waals surface area contributed by atoms with Gasteiger partial charge in [-0.25, -0.2) is 4.99 Å². The van der Waals surface area contributed by atoms with Crippen LogP contribution in [0.4, 0.5) is 5.69 Å². The van der Waals surface area contributed by atoms with Gasteiger partial charge in [-0.3, -0.25) is 4.98 Å². The lowest BCUT2D eigenvalue weighted by Gasteiger charge is -2.34. The van der Waals surface area contributed by atoms with Crippen LogP contribution in [0.2, 0.25) is 0 Å². The Hall–Kier alpha value is -2.23. The number of methoxy groups -OCH3 is 2. The normalized spacial score (nSPS) is 14.6. The maximum absolute atomic E-state index is 5.40. The van der Waals surface area contributed by atoms with Crippen molar-refractivity contribution in [2.45, 2.75) is 32.4 Å². The topological polar surface area (TPSA) is 71.0 Å². The van der Waals surface area contributed by atoms with Crippen molar-refractivity contribution < 1.29 is 9.47 Å². The summed E-state index contributed by atoms with van der Waals surface area (Å²) in [6.45, 7) is 5.41. The van der Waals surface area contributed by atoms with Crippen molar-refractivity contribution in [1.29, 1.82) is 0 Å². The van der Waals surface area contributed by atoms with E-state index in [2.05, 4.69) is 44.6 Å². The first-order valence-electron chi connectivity index (χ1n) is 10.1. The number of aromatic nitrogens is 1. The highest BCUT2D eigenvalue weighted by Crippen LogP contribution is 2.30. The van der Waals surface area contributed by atoms with E-state index < -0.39 is 0 Å². The summed E-state index contributed by atoms with van der Waals surface area (Å²) in [6, 6.07) is 12.3. The number of hydrogen-bond donors (Lipinski definition) is 2. The molecule has 0 saturated carbocycles. The summed E-state index contributed by atoms with van der Waals surface area (Å²) in [4.78, 5) is 11.4. The number of hydrogen-bond acceptors (Lipinski definition) is 5. The molecule has 8 heteroatoms. The van der Waals surface area contributed by atoms with Gasteiger partial charge in [-0.15, -0.1) is 24.0 Å². The van der Waals surface area contributed by atoms with Gasteiger partial charge in [0.25, 0.3) is 0 Å². The molecule has 1 aromatic heterocycles. The molecule has 30 heavy (non-hydrogen) atoms. The lowest BCUT2D eigenvalue weighted by atomic mass is 10.0. The average Bonchev–Trinajstić information content (AvgIpc) is 2.78. The Bertz CT molecular complexity index is 773. The van der Waals surface area contributed by atoms with E-state index >= 15 is 0 Å². The molecule has 1 saturated heterocycles. The van der Waals surface area contributed by atoms with E-state index in [1.54, 1.807) is 20.4 Å². The molecule has 1 aliphatic rings. The summed E-state index contributed by atoms with van der Waals surface area (Å²) in [7, 11) is 3.36. The minimum Gasteiger partial charge on any atom is -0.497 e. The summed E-state index contributed by atoms with van der Waals surface area (Å²) in [6.07, 6.45) is 3.87. The van der Waals surface area contributed by atoms with Gasteiger partial charge in [0.1, 0.15) is 11.5 Å². The Labute approximate surface area is 196 Å². The van der Waals surface area contributed by atoms with E-state index in [0.717, 1.165) is 61.3 Å². The Kier molecular flexibility index (Phi) is 9.99. The standard InChI is InChI=1S/C22H31N5O2.HI/c1-4-23-22(25-16-18-7-5-6-10-24-18)26-17-8-11-27(12-9-17)19-13-20(28-2)15-21(14-19)29-3;/h5-7,10,13-15,17H,4,8-9,11-12,16H2,1-3H3,(H2,23,25,26);1H. The molecule has 2 aromatic rings. The highest BCUT2D eigenvalue weighted by Gasteiger charge is 2.21. The monoisotopic (exact) mass is 525 g/mol. The maximum atomic E-state index is 5.40. The molecular formula is C22H32IN5O2. The first-order chi connectivity index (χ1) is 14.2. The predicted molar refractivity (Wildman–Crippen MR) is 132 cm³/mol. The molecule has 3 rings (SSSR count). The Morgan fingerprint density at radius 2 is 1.83 bits per heavy atom. The smallest absolute Gasteiger partial charge is 0.191 e. The molecule has 0 amide bonds. The van der Waals surface area contributed by atoms with Crippen LogP contribution < -0.4 is 25.0 Å². The third kappa shape index (κ3) is 6.93. The van der Waals surface area contributed by atoms with Gasteiger partial charge < -0.3 is 25.0 Å². The van der Waals surface area contributed by atoms with E-state index in [-0.39, 0.29) is 24.0 Å². The van der Waals surface area contributed by atoms with Crippen LogP contribution in [-0.4, -0.2) is 50.8 Å². The van der Waals surface area contributed by atoms with Crippen molar-refractivity contribution in [3.8, 4) is 11.5 Å². The second kappa shape index (κ2) is 12.5. The number of rotatable bonds is 7. The molecule has 0 spiro atoms. The van der Waals surface area contributed by atoms with Crippen molar-refractivity contribution in [3.05, 3.63) is 48.3 Å². The molecule has 1 fully saturated rings. The van der Waals surface area contributed by atoms with Crippen molar-refractivity contribution in [2.75, 3.05) is 38.8 Å². The minimum atomic E-state index is 0. The molecule has 0 unspecified atom stereocenters. The second-order valence-corrected chi connectivity index (χ2v) is 6.99. The average molecular weight is 525 g/mol. The number of pyridine rings is 1. The van der Waals surface area contributed by atoms with Crippen LogP contribution in [0.3, 0.4) is 0 Å². The number of guanidine groups is 1. The van der Waals surface area contributed by atoms with Gasteiger partial charge in [-0.2, -0.15) is 0 Å². The third-order valence-corrected chi connectivity index (χ3v) is 5.01. The lowest BCUT2D eigenvalue weighted by molar-refractivity contribution is 0.393. The zero-order chi connectivity index (χ0) is 20.5.